The molecule has 0 unspecified atom stereocenters. The molecule has 0 aliphatic carbocycles. The number of fused-ring (bicyclic) bond motifs is 1. The third-order valence-corrected chi connectivity index (χ3v) is 7.67. The number of carbonyl (C=O) groups is 2. The summed E-state index contributed by atoms with van der Waals surface area (Å²) < 4.78 is 35.7. The SMILES string of the molecule is COC(=O)[C@H](CNC(=O)c1ccc(OCc2ccnc3ccccc23)cc1)N1CCN(S(C)(=O)=O)CC1. The number of methoxy groups -OCH3 is 1. The largest absolute Gasteiger partial charge is 0.489 e. The molecule has 1 aliphatic rings. The van der Waals surface area contributed by atoms with E-state index < -0.39 is 22.0 Å². The quantitative estimate of drug-likeness (QED) is 0.419. The first kappa shape index (κ1) is 26.5. The summed E-state index contributed by atoms with van der Waals surface area (Å²) in [6, 6.07) is 15.8. The predicted octanol–water partition coefficient (Wildman–Crippen LogP) is 1.66. The van der Waals surface area contributed by atoms with Crippen molar-refractivity contribution in [2.45, 2.75) is 12.6 Å². The van der Waals surface area contributed by atoms with Crippen molar-refractivity contribution in [1.29, 1.82) is 0 Å². The Bertz CT molecular complexity index is 1350. The topological polar surface area (TPSA) is 118 Å². The van der Waals surface area contributed by atoms with Crippen LogP contribution in [-0.4, -0.2) is 86.6 Å². The Kier molecular flexibility index (Phi) is 8.37. The van der Waals surface area contributed by atoms with Crippen molar-refractivity contribution in [3.05, 3.63) is 71.9 Å². The van der Waals surface area contributed by atoms with Gasteiger partial charge < -0.3 is 14.8 Å². The lowest BCUT2D eigenvalue weighted by Gasteiger charge is -2.37. The van der Waals surface area contributed by atoms with Gasteiger partial charge in [-0.3, -0.25) is 19.5 Å². The molecule has 1 saturated heterocycles. The lowest BCUT2D eigenvalue weighted by Crippen LogP contribution is -2.57. The highest BCUT2D eigenvalue weighted by Crippen LogP contribution is 2.20. The van der Waals surface area contributed by atoms with Crippen LogP contribution >= 0.6 is 0 Å². The van der Waals surface area contributed by atoms with Gasteiger partial charge in [-0.25, -0.2) is 8.42 Å². The molecule has 1 atom stereocenters. The van der Waals surface area contributed by atoms with E-state index in [1.54, 1.807) is 30.5 Å². The fourth-order valence-electron chi connectivity index (χ4n) is 4.28. The molecule has 196 valence electrons. The summed E-state index contributed by atoms with van der Waals surface area (Å²) in [6.45, 7) is 1.68. The molecule has 2 aromatic carbocycles. The number of ether oxygens (including phenoxy) is 2. The molecule has 3 aromatic rings. The van der Waals surface area contributed by atoms with Gasteiger partial charge in [-0.1, -0.05) is 18.2 Å². The van der Waals surface area contributed by atoms with Crippen LogP contribution in [0.5, 0.6) is 5.75 Å². The average molecular weight is 527 g/mol. The van der Waals surface area contributed by atoms with E-state index in [-0.39, 0.29) is 25.5 Å². The maximum Gasteiger partial charge on any atom is 0.324 e. The lowest BCUT2D eigenvalue weighted by atomic mass is 10.1. The van der Waals surface area contributed by atoms with Crippen LogP contribution in [0.4, 0.5) is 0 Å². The molecule has 0 spiro atoms. The zero-order valence-electron chi connectivity index (χ0n) is 20.8. The van der Waals surface area contributed by atoms with Gasteiger partial charge in [0.2, 0.25) is 10.0 Å². The highest BCUT2D eigenvalue weighted by molar-refractivity contribution is 7.88. The Labute approximate surface area is 216 Å². The number of sulfonamides is 1. The lowest BCUT2D eigenvalue weighted by molar-refractivity contribution is -0.147. The van der Waals surface area contributed by atoms with Crippen LogP contribution in [0.2, 0.25) is 0 Å². The maximum absolute atomic E-state index is 12.7. The van der Waals surface area contributed by atoms with E-state index in [2.05, 4.69) is 10.3 Å². The highest BCUT2D eigenvalue weighted by atomic mass is 32.2. The fraction of sp³-hybridized carbons (Fsp3) is 0.346. The molecule has 0 radical (unpaired) electrons. The number of rotatable bonds is 9. The van der Waals surface area contributed by atoms with Crippen LogP contribution in [0, 0.1) is 0 Å². The molecule has 1 aromatic heterocycles. The Morgan fingerprint density at radius 3 is 2.41 bits per heavy atom. The Morgan fingerprint density at radius 1 is 1.03 bits per heavy atom. The molecule has 1 amide bonds. The van der Waals surface area contributed by atoms with Crippen molar-refractivity contribution in [3.63, 3.8) is 0 Å². The smallest absolute Gasteiger partial charge is 0.324 e. The van der Waals surface area contributed by atoms with Crippen molar-refractivity contribution in [2.75, 3.05) is 46.1 Å². The molecule has 37 heavy (non-hydrogen) atoms. The standard InChI is InChI=1S/C26H30N4O6S/c1-35-26(32)24(29-13-15-30(16-14-29)37(2,33)34)17-28-25(31)19-7-9-21(10-8-19)36-18-20-11-12-27-23-6-4-3-5-22(20)23/h3-12,24H,13-18H2,1-2H3,(H,28,31)/t24-/m0/s1. The van der Waals surface area contributed by atoms with Crippen molar-refractivity contribution >= 4 is 32.8 Å². The van der Waals surface area contributed by atoms with Crippen LogP contribution in [0.1, 0.15) is 15.9 Å². The number of carbonyl (C=O) groups excluding carboxylic acids is 2. The van der Waals surface area contributed by atoms with Gasteiger partial charge in [0.1, 0.15) is 18.4 Å². The number of pyridine rings is 1. The normalized spacial score (nSPS) is 15.7. The van der Waals surface area contributed by atoms with Gasteiger partial charge in [0, 0.05) is 55.4 Å². The number of nitrogens with one attached hydrogen (secondary N) is 1. The number of aromatic nitrogens is 1. The average Bonchev–Trinajstić information content (AvgIpc) is 2.91. The zero-order valence-corrected chi connectivity index (χ0v) is 21.6. The summed E-state index contributed by atoms with van der Waals surface area (Å²) >= 11 is 0. The maximum atomic E-state index is 12.7. The number of nitrogens with zero attached hydrogens (tertiary/aromatic N) is 3. The minimum absolute atomic E-state index is 0.0394. The number of amides is 1. The molecule has 4 rings (SSSR count). The third kappa shape index (κ3) is 6.62. The number of hydrogen-bond donors (Lipinski definition) is 1. The Balaban J connectivity index is 1.33. The van der Waals surface area contributed by atoms with Crippen LogP contribution in [0.15, 0.2) is 60.8 Å². The third-order valence-electron chi connectivity index (χ3n) is 6.36. The Morgan fingerprint density at radius 2 is 1.73 bits per heavy atom. The van der Waals surface area contributed by atoms with Crippen molar-refractivity contribution in [3.8, 4) is 5.75 Å². The van der Waals surface area contributed by atoms with Gasteiger partial charge in [-0.05, 0) is 36.4 Å². The molecule has 1 aliphatic heterocycles. The molecule has 0 bridgehead atoms. The summed E-state index contributed by atoms with van der Waals surface area (Å²) in [4.78, 5) is 31.3. The molecule has 2 heterocycles. The molecular weight excluding hydrogens is 496 g/mol. The van der Waals surface area contributed by atoms with E-state index in [9.17, 15) is 18.0 Å². The number of esters is 1. The summed E-state index contributed by atoms with van der Waals surface area (Å²) in [7, 11) is -2.00. The van der Waals surface area contributed by atoms with Crippen LogP contribution in [-0.2, 0) is 26.2 Å². The van der Waals surface area contributed by atoms with E-state index in [0.717, 1.165) is 22.7 Å². The molecule has 1 fully saturated rings. The highest BCUT2D eigenvalue weighted by Gasteiger charge is 2.32. The minimum atomic E-state index is -3.29. The van der Waals surface area contributed by atoms with Gasteiger partial charge >= 0.3 is 5.97 Å². The second kappa shape index (κ2) is 11.7. The summed E-state index contributed by atoms with van der Waals surface area (Å²) in [5, 5.41) is 3.82. The first-order chi connectivity index (χ1) is 17.8. The molecular formula is C26H30N4O6S. The summed E-state index contributed by atoms with van der Waals surface area (Å²) in [6.07, 6.45) is 2.92. The molecule has 11 heteroatoms. The first-order valence-corrected chi connectivity index (χ1v) is 13.7. The van der Waals surface area contributed by atoms with E-state index in [4.69, 9.17) is 9.47 Å². The first-order valence-electron chi connectivity index (χ1n) is 11.9. The number of benzene rings is 2. The van der Waals surface area contributed by atoms with E-state index in [1.165, 1.54) is 11.4 Å². The number of piperazine rings is 1. The van der Waals surface area contributed by atoms with E-state index in [1.807, 2.05) is 35.2 Å². The molecule has 0 saturated carbocycles. The van der Waals surface area contributed by atoms with E-state index in [0.29, 0.717) is 31.0 Å². The monoisotopic (exact) mass is 526 g/mol. The fourth-order valence-corrected chi connectivity index (χ4v) is 5.11. The molecule has 10 nitrogen and oxygen atoms in total. The van der Waals surface area contributed by atoms with Crippen LogP contribution < -0.4 is 10.1 Å². The van der Waals surface area contributed by atoms with E-state index >= 15 is 0 Å². The summed E-state index contributed by atoms with van der Waals surface area (Å²) in [5.74, 6) is -0.204. The van der Waals surface area contributed by atoms with Gasteiger partial charge in [0.05, 0.1) is 18.9 Å². The van der Waals surface area contributed by atoms with Gasteiger partial charge in [0.15, 0.2) is 0 Å². The minimum Gasteiger partial charge on any atom is -0.489 e. The van der Waals surface area contributed by atoms with Gasteiger partial charge in [-0.15, -0.1) is 0 Å². The zero-order chi connectivity index (χ0) is 26.4. The second-order valence-corrected chi connectivity index (χ2v) is 10.7. The van der Waals surface area contributed by atoms with Crippen molar-refractivity contribution in [1.82, 2.24) is 19.5 Å². The van der Waals surface area contributed by atoms with Crippen molar-refractivity contribution < 1.29 is 27.5 Å². The molecule has 1 N–H and O–H groups in total. The predicted molar refractivity (Wildman–Crippen MR) is 139 cm³/mol. The summed E-state index contributed by atoms with van der Waals surface area (Å²) in [5.41, 5.74) is 2.34. The van der Waals surface area contributed by atoms with Gasteiger partial charge in [-0.2, -0.15) is 4.31 Å². The number of para-hydroxylation sites is 1. The van der Waals surface area contributed by atoms with Gasteiger partial charge in [0.25, 0.3) is 5.91 Å². The number of hydrogen-bond acceptors (Lipinski definition) is 8. The van der Waals surface area contributed by atoms with Crippen molar-refractivity contribution in [2.24, 2.45) is 0 Å². The van der Waals surface area contributed by atoms with Crippen LogP contribution in [0.3, 0.4) is 0 Å². The second-order valence-electron chi connectivity index (χ2n) is 8.75. The Hall–Kier alpha value is -3.54. The van der Waals surface area contributed by atoms with Crippen LogP contribution in [0.25, 0.3) is 10.9 Å².